The summed E-state index contributed by atoms with van der Waals surface area (Å²) >= 11 is 0. The third-order valence-electron chi connectivity index (χ3n) is 2.87. The first-order chi connectivity index (χ1) is 9.91. The highest BCUT2D eigenvalue weighted by atomic mass is 16.7. The molecule has 0 aromatic rings. The lowest BCUT2D eigenvalue weighted by molar-refractivity contribution is -0.0259. The number of nitrogens with zero attached hydrogens (tertiary/aromatic N) is 1. The summed E-state index contributed by atoms with van der Waals surface area (Å²) in [7, 11) is 0. The summed E-state index contributed by atoms with van der Waals surface area (Å²) in [5.41, 5.74) is -1.27. The zero-order valence-electron chi connectivity index (χ0n) is 14.2. The summed E-state index contributed by atoms with van der Waals surface area (Å²) in [6, 6.07) is -0.428. The highest BCUT2D eigenvalue weighted by Gasteiger charge is 2.39. The number of carbonyl (C=O) groups is 2. The number of hydrogen-bond donors (Lipinski definition) is 1. The van der Waals surface area contributed by atoms with Gasteiger partial charge in [-0.05, 0) is 41.5 Å². The van der Waals surface area contributed by atoms with Gasteiger partial charge in [-0.3, -0.25) is 4.90 Å². The molecule has 1 N–H and O–H groups in total. The number of ether oxygens (including phenoxy) is 3. The first kappa shape index (κ1) is 18.5. The first-order valence-corrected chi connectivity index (χ1v) is 7.41. The second-order valence-electron chi connectivity index (χ2n) is 7.41. The van der Waals surface area contributed by atoms with Crippen LogP contribution < -0.4 is 0 Å². The molecule has 0 spiro atoms. The average Bonchev–Trinajstić information content (AvgIpc) is 2.66. The quantitative estimate of drug-likeness (QED) is 0.787. The topological polar surface area (TPSA) is 85.3 Å². The largest absolute Gasteiger partial charge is 0.509 e. The van der Waals surface area contributed by atoms with Gasteiger partial charge in [0.25, 0.3) is 0 Å². The van der Waals surface area contributed by atoms with Crippen molar-refractivity contribution in [3.8, 4) is 0 Å². The van der Waals surface area contributed by atoms with E-state index in [1.807, 2.05) is 0 Å². The van der Waals surface area contributed by atoms with Gasteiger partial charge in [0.2, 0.25) is 0 Å². The van der Waals surface area contributed by atoms with Crippen molar-refractivity contribution in [2.45, 2.75) is 71.3 Å². The van der Waals surface area contributed by atoms with E-state index in [4.69, 9.17) is 14.2 Å². The molecule has 1 saturated heterocycles. The average molecular weight is 317 g/mol. The molecule has 7 nitrogen and oxygen atoms in total. The van der Waals surface area contributed by atoms with Gasteiger partial charge in [-0.15, -0.1) is 0 Å². The van der Waals surface area contributed by atoms with E-state index in [1.165, 1.54) is 4.90 Å². The van der Waals surface area contributed by atoms with Crippen molar-refractivity contribution in [2.24, 2.45) is 0 Å². The molecule has 2 atom stereocenters. The molecular weight excluding hydrogens is 290 g/mol. The second kappa shape index (κ2) is 6.73. The molecule has 7 heteroatoms. The van der Waals surface area contributed by atoms with E-state index in [9.17, 15) is 14.7 Å². The maximum absolute atomic E-state index is 12.1. The van der Waals surface area contributed by atoms with Crippen LogP contribution in [0.1, 0.15) is 48.0 Å². The summed E-state index contributed by atoms with van der Waals surface area (Å²) in [4.78, 5) is 25.2. The summed E-state index contributed by atoms with van der Waals surface area (Å²) < 4.78 is 15.6. The zero-order chi connectivity index (χ0) is 17.1. The van der Waals surface area contributed by atoms with Crippen molar-refractivity contribution in [1.82, 2.24) is 4.90 Å². The van der Waals surface area contributed by atoms with E-state index in [0.717, 1.165) is 0 Å². The Labute approximate surface area is 131 Å². The number of aliphatic hydroxyl groups excluding tert-OH is 1. The lowest BCUT2D eigenvalue weighted by atomic mass is 10.2. The monoisotopic (exact) mass is 317 g/mol. The maximum atomic E-state index is 12.1. The van der Waals surface area contributed by atoms with Gasteiger partial charge in [0.1, 0.15) is 17.3 Å². The molecule has 128 valence electrons. The number of likely N-dealkylation sites (tertiary alicyclic amines) is 1. The van der Waals surface area contributed by atoms with Crippen LogP contribution in [0.2, 0.25) is 0 Å². The number of aliphatic hydroxyl groups is 1. The Balaban J connectivity index is 2.61. The van der Waals surface area contributed by atoms with E-state index < -0.39 is 35.6 Å². The fourth-order valence-corrected chi connectivity index (χ4v) is 2.09. The molecule has 0 unspecified atom stereocenters. The SMILES string of the molecule is CC(C)(C)OC(=O)O[C@@H]1C[C@@H](CO)N(C(=O)OC(C)(C)C)C1. The summed E-state index contributed by atoms with van der Waals surface area (Å²) in [5, 5.41) is 9.40. The fraction of sp³-hybridized carbons (Fsp3) is 0.867. The molecular formula is C15H27NO6. The van der Waals surface area contributed by atoms with E-state index in [1.54, 1.807) is 41.5 Å². The van der Waals surface area contributed by atoms with Gasteiger partial charge in [-0.2, -0.15) is 0 Å². The summed E-state index contributed by atoms with van der Waals surface area (Å²) in [6.45, 7) is 10.5. The Kier molecular flexibility index (Phi) is 5.67. The second-order valence-corrected chi connectivity index (χ2v) is 7.41. The number of hydrogen-bond acceptors (Lipinski definition) is 6. The van der Waals surface area contributed by atoms with Crippen molar-refractivity contribution in [3.63, 3.8) is 0 Å². The number of amides is 1. The highest BCUT2D eigenvalue weighted by molar-refractivity contribution is 5.69. The van der Waals surface area contributed by atoms with Crippen LogP contribution in [-0.2, 0) is 14.2 Å². The number of rotatable bonds is 2. The van der Waals surface area contributed by atoms with E-state index in [-0.39, 0.29) is 13.2 Å². The predicted octanol–water partition coefficient (Wildman–Crippen LogP) is 2.31. The van der Waals surface area contributed by atoms with Crippen LogP contribution in [0.5, 0.6) is 0 Å². The van der Waals surface area contributed by atoms with Crippen molar-refractivity contribution in [2.75, 3.05) is 13.2 Å². The van der Waals surface area contributed by atoms with Gasteiger partial charge in [-0.25, -0.2) is 9.59 Å². The smallest absolute Gasteiger partial charge is 0.444 e. The molecule has 1 rings (SSSR count). The molecule has 1 fully saturated rings. The predicted molar refractivity (Wildman–Crippen MR) is 79.5 cm³/mol. The molecule has 0 saturated carbocycles. The Morgan fingerprint density at radius 3 is 2.09 bits per heavy atom. The molecule has 1 aliphatic rings. The van der Waals surface area contributed by atoms with Crippen LogP contribution in [0.3, 0.4) is 0 Å². The van der Waals surface area contributed by atoms with Crippen molar-refractivity contribution < 1.29 is 28.9 Å². The van der Waals surface area contributed by atoms with Gasteiger partial charge in [0.05, 0.1) is 19.2 Å². The first-order valence-electron chi connectivity index (χ1n) is 7.41. The molecule has 0 bridgehead atoms. The third-order valence-corrected chi connectivity index (χ3v) is 2.87. The number of carbonyl (C=O) groups excluding carboxylic acids is 2. The summed E-state index contributed by atoms with van der Waals surface area (Å²) in [5.74, 6) is 0. The van der Waals surface area contributed by atoms with Crippen LogP contribution in [0, 0.1) is 0 Å². The lowest BCUT2D eigenvalue weighted by Crippen LogP contribution is -2.41. The van der Waals surface area contributed by atoms with E-state index >= 15 is 0 Å². The fourth-order valence-electron chi connectivity index (χ4n) is 2.09. The van der Waals surface area contributed by atoms with Gasteiger partial charge in [0.15, 0.2) is 0 Å². The van der Waals surface area contributed by atoms with Gasteiger partial charge >= 0.3 is 12.2 Å². The van der Waals surface area contributed by atoms with E-state index in [0.29, 0.717) is 6.42 Å². The Morgan fingerprint density at radius 1 is 1.09 bits per heavy atom. The Bertz CT molecular complexity index is 409. The van der Waals surface area contributed by atoms with Crippen LogP contribution in [0.15, 0.2) is 0 Å². The molecule has 1 amide bonds. The van der Waals surface area contributed by atoms with Crippen LogP contribution >= 0.6 is 0 Å². The minimum Gasteiger partial charge on any atom is -0.444 e. The lowest BCUT2D eigenvalue weighted by Gasteiger charge is -2.27. The highest BCUT2D eigenvalue weighted by Crippen LogP contribution is 2.24. The normalized spacial score (nSPS) is 22.4. The standard InChI is InChI=1S/C15H27NO6/c1-14(2,3)21-12(18)16-8-11(7-10(16)9-17)20-13(19)22-15(4,5)6/h10-11,17H,7-9H2,1-6H3/t10-,11+/m0/s1. The Hall–Kier alpha value is -1.50. The third kappa shape index (κ3) is 6.09. The molecule has 1 heterocycles. The van der Waals surface area contributed by atoms with Crippen molar-refractivity contribution >= 4 is 12.2 Å². The van der Waals surface area contributed by atoms with Gasteiger partial charge < -0.3 is 19.3 Å². The zero-order valence-corrected chi connectivity index (χ0v) is 14.2. The van der Waals surface area contributed by atoms with Crippen molar-refractivity contribution in [3.05, 3.63) is 0 Å². The molecule has 1 aliphatic heterocycles. The molecule has 0 radical (unpaired) electrons. The minimum absolute atomic E-state index is 0.180. The summed E-state index contributed by atoms with van der Waals surface area (Å²) in [6.07, 6.45) is -1.46. The van der Waals surface area contributed by atoms with Gasteiger partial charge in [-0.1, -0.05) is 0 Å². The van der Waals surface area contributed by atoms with Crippen LogP contribution in [-0.4, -0.2) is 58.8 Å². The molecule has 0 aliphatic carbocycles. The maximum Gasteiger partial charge on any atom is 0.509 e. The Morgan fingerprint density at radius 2 is 1.64 bits per heavy atom. The minimum atomic E-state index is -0.778. The van der Waals surface area contributed by atoms with E-state index in [2.05, 4.69) is 0 Å². The van der Waals surface area contributed by atoms with Crippen molar-refractivity contribution in [1.29, 1.82) is 0 Å². The molecule has 22 heavy (non-hydrogen) atoms. The van der Waals surface area contributed by atoms with Crippen LogP contribution in [0.4, 0.5) is 9.59 Å². The molecule has 0 aromatic carbocycles. The van der Waals surface area contributed by atoms with Gasteiger partial charge in [0, 0.05) is 6.42 Å². The molecule has 0 aromatic heterocycles. The van der Waals surface area contributed by atoms with Crippen LogP contribution in [0.25, 0.3) is 0 Å².